The third kappa shape index (κ3) is 4.04. The van der Waals surface area contributed by atoms with E-state index >= 15 is 0 Å². The minimum absolute atomic E-state index is 0.0369. The summed E-state index contributed by atoms with van der Waals surface area (Å²) in [6, 6.07) is -0.669. The maximum absolute atomic E-state index is 14.1. The molecule has 1 rings (SSSR count). The minimum atomic E-state index is -7.95. The van der Waals surface area contributed by atoms with Crippen molar-refractivity contribution in [3.8, 4) is 0 Å². The monoisotopic (exact) mass is 538 g/mol. The summed E-state index contributed by atoms with van der Waals surface area (Å²) in [4.78, 5) is 0. The molecule has 2 nitrogen and oxygen atoms in total. The molecular formula is C13H11F13N2S3. The van der Waals surface area contributed by atoms with Crippen LogP contribution in [0, 0.1) is 4.77 Å². The zero-order valence-corrected chi connectivity index (χ0v) is 17.5. The van der Waals surface area contributed by atoms with Crippen molar-refractivity contribution in [2.45, 2.75) is 72.3 Å². The number of rotatable bonds is 7. The molecule has 0 aliphatic carbocycles. The Morgan fingerprint density at radius 1 is 0.710 bits per heavy atom. The smallest absolute Gasteiger partial charge is 0.309 e. The van der Waals surface area contributed by atoms with E-state index in [2.05, 4.69) is 37.5 Å². The molecule has 0 aliphatic heterocycles. The second-order valence-electron chi connectivity index (χ2n) is 6.48. The molecule has 0 aliphatic rings. The highest BCUT2D eigenvalue weighted by molar-refractivity contribution is 7.83. The van der Waals surface area contributed by atoms with Crippen LogP contribution in [0.15, 0.2) is 10.1 Å². The van der Waals surface area contributed by atoms with Gasteiger partial charge in [-0.3, -0.25) is 0 Å². The van der Waals surface area contributed by atoms with Gasteiger partial charge in [-0.25, -0.2) is 0 Å². The molecule has 18 heteroatoms. The molecular weight excluding hydrogens is 527 g/mol. The molecule has 0 bridgehead atoms. The fourth-order valence-electron chi connectivity index (χ4n) is 2.25. The molecule has 0 fully saturated rings. The highest BCUT2D eigenvalue weighted by Crippen LogP contribution is 2.60. The SMILES string of the molecule is CC(C)n1c(S)c(S)n(CC(F)(F)C(F)(F)C(F)(F)C(F)(F)C(F)(F)C(F)(F)F)c1=S. The van der Waals surface area contributed by atoms with Crippen molar-refractivity contribution in [1.82, 2.24) is 9.13 Å². The summed E-state index contributed by atoms with van der Waals surface area (Å²) in [5.74, 6) is -37.3. The van der Waals surface area contributed by atoms with Gasteiger partial charge in [0.15, 0.2) is 4.77 Å². The third-order valence-corrected chi connectivity index (χ3v) is 5.47. The quantitative estimate of drug-likeness (QED) is 0.218. The summed E-state index contributed by atoms with van der Waals surface area (Å²) in [5, 5.41) is -1.05. The van der Waals surface area contributed by atoms with Crippen LogP contribution < -0.4 is 0 Å². The van der Waals surface area contributed by atoms with Crippen molar-refractivity contribution >= 4 is 37.5 Å². The lowest BCUT2D eigenvalue weighted by molar-refractivity contribution is -0.440. The van der Waals surface area contributed by atoms with Gasteiger partial charge in [0.2, 0.25) is 0 Å². The van der Waals surface area contributed by atoms with Crippen molar-refractivity contribution in [3.05, 3.63) is 4.77 Å². The van der Waals surface area contributed by atoms with Crippen LogP contribution in [0.4, 0.5) is 57.1 Å². The molecule has 0 saturated carbocycles. The first-order chi connectivity index (χ1) is 13.4. The Kier molecular flexibility index (Phi) is 7.21. The van der Waals surface area contributed by atoms with Gasteiger partial charge in [-0.1, -0.05) is 0 Å². The van der Waals surface area contributed by atoms with E-state index in [1.165, 1.54) is 13.8 Å². The maximum atomic E-state index is 14.1. The van der Waals surface area contributed by atoms with Crippen LogP contribution in [0.5, 0.6) is 0 Å². The van der Waals surface area contributed by atoms with Gasteiger partial charge in [-0.05, 0) is 26.1 Å². The topological polar surface area (TPSA) is 9.86 Å². The number of halogens is 13. The predicted molar refractivity (Wildman–Crippen MR) is 88.9 cm³/mol. The fraction of sp³-hybridized carbons (Fsp3) is 0.769. The average Bonchev–Trinajstić information content (AvgIpc) is 2.76. The molecule has 1 aromatic heterocycles. The summed E-state index contributed by atoms with van der Waals surface area (Å²) in [6.45, 7) is 0.176. The highest BCUT2D eigenvalue weighted by atomic mass is 32.1. The van der Waals surface area contributed by atoms with Crippen molar-refractivity contribution in [1.29, 1.82) is 0 Å². The molecule has 1 heterocycles. The normalized spacial score (nSPS) is 15.2. The lowest BCUT2D eigenvalue weighted by atomic mass is 9.94. The minimum Gasteiger partial charge on any atom is -0.309 e. The van der Waals surface area contributed by atoms with Crippen molar-refractivity contribution in [2.75, 3.05) is 0 Å². The lowest BCUT2D eigenvalue weighted by Gasteiger charge is -2.39. The Bertz CT molecular complexity index is 882. The van der Waals surface area contributed by atoms with Crippen molar-refractivity contribution in [2.24, 2.45) is 0 Å². The van der Waals surface area contributed by atoms with Crippen molar-refractivity contribution < 1.29 is 57.1 Å². The predicted octanol–water partition coefficient (Wildman–Crippen LogP) is 6.92. The van der Waals surface area contributed by atoms with E-state index in [4.69, 9.17) is 0 Å². The number of hydrogen-bond donors (Lipinski definition) is 2. The first-order valence-corrected chi connectivity index (χ1v) is 8.89. The molecule has 0 spiro atoms. The third-order valence-electron chi connectivity index (χ3n) is 3.99. The molecule has 31 heavy (non-hydrogen) atoms. The number of alkyl halides is 13. The number of thiol groups is 2. The molecule has 0 saturated heterocycles. The van der Waals surface area contributed by atoms with E-state index in [0.717, 1.165) is 4.57 Å². The van der Waals surface area contributed by atoms with Gasteiger partial charge >= 0.3 is 35.8 Å². The zero-order valence-electron chi connectivity index (χ0n) is 14.9. The van der Waals surface area contributed by atoms with E-state index in [1.807, 2.05) is 0 Å². The van der Waals surface area contributed by atoms with E-state index in [0.29, 0.717) is 0 Å². The molecule has 0 radical (unpaired) electrons. The molecule has 0 N–H and O–H groups in total. The second-order valence-corrected chi connectivity index (χ2v) is 7.69. The Morgan fingerprint density at radius 2 is 1.10 bits per heavy atom. The summed E-state index contributed by atoms with van der Waals surface area (Å²) in [7, 11) is 0. The van der Waals surface area contributed by atoms with Crippen LogP contribution in [-0.2, 0) is 6.54 Å². The molecule has 0 amide bonds. The highest BCUT2D eigenvalue weighted by Gasteiger charge is 2.90. The van der Waals surface area contributed by atoms with Gasteiger partial charge in [-0.2, -0.15) is 57.1 Å². The lowest BCUT2D eigenvalue weighted by Crippen LogP contribution is -2.70. The largest absolute Gasteiger partial charge is 0.460 e. The van der Waals surface area contributed by atoms with E-state index in [-0.39, 0.29) is 9.59 Å². The number of hydrogen-bond acceptors (Lipinski definition) is 3. The molecule has 0 atom stereocenters. The second kappa shape index (κ2) is 7.92. The Labute approximate surface area is 181 Å². The summed E-state index contributed by atoms with van der Waals surface area (Å²) >= 11 is 12.1. The van der Waals surface area contributed by atoms with E-state index < -0.39 is 58.2 Å². The Morgan fingerprint density at radius 3 is 1.42 bits per heavy atom. The molecule has 0 unspecified atom stereocenters. The van der Waals surface area contributed by atoms with E-state index in [1.54, 1.807) is 0 Å². The number of nitrogens with zero attached hydrogens (tertiary/aromatic N) is 2. The maximum Gasteiger partial charge on any atom is 0.460 e. The fourth-order valence-corrected chi connectivity index (χ4v) is 3.56. The van der Waals surface area contributed by atoms with Crippen LogP contribution in [0.2, 0.25) is 0 Å². The summed E-state index contributed by atoms with van der Waals surface area (Å²) in [6.07, 6.45) is -7.46. The number of imidazole rings is 1. The number of aromatic nitrogens is 2. The van der Waals surface area contributed by atoms with Gasteiger partial charge < -0.3 is 9.13 Å². The molecule has 182 valence electrons. The standard InChI is InChI=1S/C13H11F13N2S3/c1-4(2)28-6(30)5(29)27(7(28)31)3-8(14,15)9(16,17)10(18,19)11(20,21)12(22,23)13(24,25)26/h4,29-30H,3H2,1-2H3. The molecule has 0 aromatic carbocycles. The molecule has 1 aromatic rings. The van der Waals surface area contributed by atoms with Gasteiger partial charge in [0.1, 0.15) is 10.1 Å². The average molecular weight is 538 g/mol. The summed E-state index contributed by atoms with van der Waals surface area (Å²) < 4.78 is 172. The van der Waals surface area contributed by atoms with Crippen LogP contribution >= 0.6 is 37.5 Å². The van der Waals surface area contributed by atoms with Gasteiger partial charge in [0.25, 0.3) is 0 Å². The van der Waals surface area contributed by atoms with Gasteiger partial charge in [0, 0.05) is 6.04 Å². The Balaban J connectivity index is 3.60. The van der Waals surface area contributed by atoms with Crippen LogP contribution in [0.3, 0.4) is 0 Å². The Hall–Kier alpha value is -0.780. The first kappa shape index (κ1) is 28.3. The van der Waals surface area contributed by atoms with Crippen LogP contribution in [0.25, 0.3) is 0 Å². The van der Waals surface area contributed by atoms with E-state index in [9.17, 15) is 57.1 Å². The van der Waals surface area contributed by atoms with Crippen LogP contribution in [0.1, 0.15) is 19.9 Å². The van der Waals surface area contributed by atoms with Gasteiger partial charge in [0.05, 0.1) is 6.54 Å². The zero-order chi connectivity index (χ0) is 25.2. The first-order valence-electron chi connectivity index (χ1n) is 7.59. The summed E-state index contributed by atoms with van der Waals surface area (Å²) in [5.41, 5.74) is 0. The van der Waals surface area contributed by atoms with Crippen LogP contribution in [-0.4, -0.2) is 44.9 Å². The van der Waals surface area contributed by atoms with Gasteiger partial charge in [-0.15, -0.1) is 25.3 Å². The van der Waals surface area contributed by atoms with Crippen molar-refractivity contribution in [3.63, 3.8) is 0 Å².